The van der Waals surface area contributed by atoms with Crippen molar-refractivity contribution in [1.29, 1.82) is 0 Å². The molecule has 2 aromatic rings. The van der Waals surface area contributed by atoms with Crippen LogP contribution in [0.5, 0.6) is 0 Å². The van der Waals surface area contributed by atoms with E-state index in [2.05, 4.69) is 27.5 Å². The quantitative estimate of drug-likeness (QED) is 0.272. The van der Waals surface area contributed by atoms with Crippen LogP contribution in [0.2, 0.25) is 0 Å². The summed E-state index contributed by atoms with van der Waals surface area (Å²) in [5.74, 6) is 1.63. The molecule has 8 heteroatoms. The molecule has 0 spiro atoms. The molecule has 24 heavy (non-hydrogen) atoms. The van der Waals surface area contributed by atoms with Crippen molar-refractivity contribution in [3.05, 3.63) is 39.7 Å². The van der Waals surface area contributed by atoms with Gasteiger partial charge in [-0.2, -0.15) is 0 Å². The van der Waals surface area contributed by atoms with E-state index < -0.39 is 0 Å². The minimum absolute atomic E-state index is 0. The van der Waals surface area contributed by atoms with Crippen LogP contribution in [-0.4, -0.2) is 31.1 Å². The van der Waals surface area contributed by atoms with E-state index >= 15 is 0 Å². The largest absolute Gasteiger partial charge is 0.467 e. The normalized spacial score (nSPS) is 11.2. The Balaban J connectivity index is 0.00000288. The van der Waals surface area contributed by atoms with Crippen LogP contribution in [0.4, 0.5) is 0 Å². The molecule has 0 fully saturated rings. The Kier molecular flexibility index (Phi) is 9.96. The monoisotopic (exact) mass is 464 g/mol. The summed E-state index contributed by atoms with van der Waals surface area (Å²) in [6.45, 7) is 6.80. The SMILES string of the molecule is CN=C(NCCCOCc1ccco1)NCc1nc(C)c(C)s1.I. The number of thiazole rings is 1. The lowest BCUT2D eigenvalue weighted by Crippen LogP contribution is -2.37. The topological polar surface area (TPSA) is 71.7 Å². The second-order valence-electron chi connectivity index (χ2n) is 5.09. The molecular weight excluding hydrogens is 439 g/mol. The van der Waals surface area contributed by atoms with Gasteiger partial charge in [0.1, 0.15) is 17.4 Å². The van der Waals surface area contributed by atoms with Crippen LogP contribution in [0.3, 0.4) is 0 Å². The van der Waals surface area contributed by atoms with E-state index in [1.54, 1.807) is 24.6 Å². The van der Waals surface area contributed by atoms with Gasteiger partial charge in [-0.3, -0.25) is 4.99 Å². The maximum absolute atomic E-state index is 5.54. The number of guanidine groups is 1. The number of hydrogen-bond donors (Lipinski definition) is 2. The zero-order valence-electron chi connectivity index (χ0n) is 14.3. The lowest BCUT2D eigenvalue weighted by Gasteiger charge is -2.10. The Morgan fingerprint density at radius 1 is 1.38 bits per heavy atom. The number of hydrogen-bond acceptors (Lipinski definition) is 5. The summed E-state index contributed by atoms with van der Waals surface area (Å²) in [5, 5.41) is 7.61. The molecular formula is C16H25IN4O2S. The van der Waals surface area contributed by atoms with Crippen LogP contribution < -0.4 is 10.6 Å². The Morgan fingerprint density at radius 2 is 2.21 bits per heavy atom. The third-order valence-corrected chi connectivity index (χ3v) is 4.36. The first kappa shape index (κ1) is 20.9. The highest BCUT2D eigenvalue weighted by Crippen LogP contribution is 2.15. The summed E-state index contributed by atoms with van der Waals surface area (Å²) in [6.07, 6.45) is 2.55. The predicted octanol–water partition coefficient (Wildman–Crippen LogP) is 3.24. The van der Waals surface area contributed by atoms with Gasteiger partial charge in [-0.05, 0) is 32.4 Å². The number of aromatic nitrogens is 1. The van der Waals surface area contributed by atoms with E-state index in [4.69, 9.17) is 9.15 Å². The Labute approximate surface area is 164 Å². The number of furan rings is 1. The molecule has 0 saturated carbocycles. The Morgan fingerprint density at radius 3 is 2.83 bits per heavy atom. The summed E-state index contributed by atoms with van der Waals surface area (Å²) in [7, 11) is 1.76. The second kappa shape index (κ2) is 11.4. The molecule has 0 aromatic carbocycles. The summed E-state index contributed by atoms with van der Waals surface area (Å²) in [6, 6.07) is 3.77. The predicted molar refractivity (Wildman–Crippen MR) is 108 cm³/mol. The first-order valence-electron chi connectivity index (χ1n) is 7.66. The first-order valence-corrected chi connectivity index (χ1v) is 8.48. The maximum Gasteiger partial charge on any atom is 0.191 e. The van der Waals surface area contributed by atoms with E-state index in [1.165, 1.54) is 4.88 Å². The zero-order valence-corrected chi connectivity index (χ0v) is 17.4. The molecule has 0 bridgehead atoms. The highest BCUT2D eigenvalue weighted by molar-refractivity contribution is 14.0. The van der Waals surface area contributed by atoms with Crippen molar-refractivity contribution in [1.82, 2.24) is 15.6 Å². The summed E-state index contributed by atoms with van der Waals surface area (Å²) < 4.78 is 10.7. The molecule has 0 aliphatic carbocycles. The van der Waals surface area contributed by atoms with Crippen molar-refractivity contribution in [2.24, 2.45) is 4.99 Å². The number of aryl methyl sites for hydroxylation is 2. The molecule has 0 radical (unpaired) electrons. The maximum atomic E-state index is 5.54. The molecule has 0 aliphatic heterocycles. The van der Waals surface area contributed by atoms with E-state index in [0.717, 1.165) is 35.4 Å². The highest BCUT2D eigenvalue weighted by atomic mass is 127. The fraction of sp³-hybridized carbons (Fsp3) is 0.500. The average molecular weight is 464 g/mol. The smallest absolute Gasteiger partial charge is 0.191 e. The van der Waals surface area contributed by atoms with Crippen LogP contribution in [-0.2, 0) is 17.9 Å². The van der Waals surface area contributed by atoms with Crippen molar-refractivity contribution in [2.75, 3.05) is 20.2 Å². The lowest BCUT2D eigenvalue weighted by molar-refractivity contribution is 0.105. The zero-order chi connectivity index (χ0) is 16.5. The van der Waals surface area contributed by atoms with Gasteiger partial charge in [0.2, 0.25) is 0 Å². The van der Waals surface area contributed by atoms with Gasteiger partial charge in [-0.1, -0.05) is 0 Å². The Hall–Kier alpha value is -1.13. The number of aliphatic imine (C=N–C) groups is 1. The minimum Gasteiger partial charge on any atom is -0.467 e. The highest BCUT2D eigenvalue weighted by Gasteiger charge is 2.04. The van der Waals surface area contributed by atoms with Crippen LogP contribution in [0.15, 0.2) is 27.8 Å². The van der Waals surface area contributed by atoms with Crippen molar-refractivity contribution in [3.8, 4) is 0 Å². The van der Waals surface area contributed by atoms with Crippen molar-refractivity contribution < 1.29 is 9.15 Å². The summed E-state index contributed by atoms with van der Waals surface area (Å²) >= 11 is 1.72. The van der Waals surface area contributed by atoms with Gasteiger partial charge in [0.15, 0.2) is 5.96 Å². The second-order valence-corrected chi connectivity index (χ2v) is 6.37. The molecule has 0 saturated heterocycles. The summed E-state index contributed by atoms with van der Waals surface area (Å²) in [4.78, 5) is 9.97. The number of rotatable bonds is 8. The molecule has 0 atom stereocenters. The fourth-order valence-electron chi connectivity index (χ4n) is 1.94. The van der Waals surface area contributed by atoms with Crippen molar-refractivity contribution in [2.45, 2.75) is 33.4 Å². The minimum atomic E-state index is 0. The van der Waals surface area contributed by atoms with Crippen LogP contribution in [0.25, 0.3) is 0 Å². The average Bonchev–Trinajstić information content (AvgIpc) is 3.16. The third kappa shape index (κ3) is 7.18. The standard InChI is InChI=1S/C16H24N4O2S.HI/c1-12-13(2)23-15(20-12)10-19-16(17-3)18-7-5-8-21-11-14-6-4-9-22-14;/h4,6,9H,5,7-8,10-11H2,1-3H3,(H2,17,18,19);1H. The van der Waals surface area contributed by atoms with Gasteiger partial charge in [-0.15, -0.1) is 35.3 Å². The third-order valence-electron chi connectivity index (χ3n) is 3.29. The molecule has 6 nitrogen and oxygen atoms in total. The molecule has 0 unspecified atom stereocenters. The van der Waals surface area contributed by atoms with Crippen LogP contribution in [0.1, 0.15) is 27.8 Å². The van der Waals surface area contributed by atoms with Gasteiger partial charge in [0.05, 0.1) is 18.5 Å². The first-order chi connectivity index (χ1) is 11.2. The van der Waals surface area contributed by atoms with E-state index in [1.807, 2.05) is 19.1 Å². The molecule has 2 rings (SSSR count). The van der Waals surface area contributed by atoms with Crippen LogP contribution >= 0.6 is 35.3 Å². The van der Waals surface area contributed by atoms with Crippen LogP contribution in [0, 0.1) is 13.8 Å². The van der Waals surface area contributed by atoms with Crippen molar-refractivity contribution >= 4 is 41.3 Å². The van der Waals surface area contributed by atoms with Gasteiger partial charge in [0, 0.05) is 25.1 Å². The molecule has 0 amide bonds. The van der Waals surface area contributed by atoms with Gasteiger partial charge in [0.25, 0.3) is 0 Å². The molecule has 2 heterocycles. The molecule has 134 valence electrons. The number of nitrogens with zero attached hydrogens (tertiary/aromatic N) is 2. The number of halogens is 1. The molecule has 0 aliphatic rings. The number of nitrogens with one attached hydrogen (secondary N) is 2. The number of ether oxygens (including phenoxy) is 1. The summed E-state index contributed by atoms with van der Waals surface area (Å²) in [5.41, 5.74) is 1.10. The van der Waals surface area contributed by atoms with Gasteiger partial charge < -0.3 is 19.8 Å². The van der Waals surface area contributed by atoms with Crippen molar-refractivity contribution in [3.63, 3.8) is 0 Å². The van der Waals surface area contributed by atoms with E-state index in [0.29, 0.717) is 19.8 Å². The van der Waals surface area contributed by atoms with E-state index in [-0.39, 0.29) is 24.0 Å². The molecule has 2 aromatic heterocycles. The Bertz CT molecular complexity index is 594. The molecule has 2 N–H and O–H groups in total. The van der Waals surface area contributed by atoms with Gasteiger partial charge in [-0.25, -0.2) is 4.98 Å². The van der Waals surface area contributed by atoms with Gasteiger partial charge >= 0.3 is 0 Å². The fourth-order valence-corrected chi connectivity index (χ4v) is 2.82. The van der Waals surface area contributed by atoms with E-state index in [9.17, 15) is 0 Å². The lowest BCUT2D eigenvalue weighted by atomic mass is 10.4.